The SMILES string of the molecule is CCc1cccc2c1-n1nc3c(c1C1(C)C2=CC(C)(F)c2[nH]ccc21)CN(c1ncc(C(F)(F)F)cc1F)CC3. The summed E-state index contributed by atoms with van der Waals surface area (Å²) in [6.07, 6.45) is 0.606. The lowest BCUT2D eigenvalue weighted by Crippen LogP contribution is -2.41. The molecule has 5 heterocycles. The predicted octanol–water partition coefficient (Wildman–Crippen LogP) is 6.78. The minimum Gasteiger partial charge on any atom is -0.362 e. The lowest BCUT2D eigenvalue weighted by molar-refractivity contribution is -0.138. The van der Waals surface area contributed by atoms with Gasteiger partial charge in [-0.2, -0.15) is 18.3 Å². The van der Waals surface area contributed by atoms with Gasteiger partial charge in [0.15, 0.2) is 17.3 Å². The molecule has 3 aromatic heterocycles. The number of anilines is 1. The van der Waals surface area contributed by atoms with Crippen molar-refractivity contribution in [1.29, 1.82) is 0 Å². The van der Waals surface area contributed by atoms with E-state index in [9.17, 15) is 13.2 Å². The summed E-state index contributed by atoms with van der Waals surface area (Å²) >= 11 is 0. The van der Waals surface area contributed by atoms with Gasteiger partial charge < -0.3 is 9.88 Å². The smallest absolute Gasteiger partial charge is 0.362 e. The third-order valence-electron chi connectivity index (χ3n) is 8.69. The Bertz CT molecular complexity index is 1730. The number of aromatic amines is 1. The summed E-state index contributed by atoms with van der Waals surface area (Å²) in [4.78, 5) is 8.65. The average molecular weight is 552 g/mol. The maximum atomic E-state index is 16.1. The zero-order valence-electron chi connectivity index (χ0n) is 22.1. The van der Waals surface area contributed by atoms with E-state index in [-0.39, 0.29) is 12.4 Å². The van der Waals surface area contributed by atoms with E-state index in [1.807, 2.05) is 28.9 Å². The van der Waals surface area contributed by atoms with Gasteiger partial charge >= 0.3 is 6.18 Å². The van der Waals surface area contributed by atoms with Crippen molar-refractivity contribution in [3.05, 3.63) is 99.5 Å². The van der Waals surface area contributed by atoms with Gasteiger partial charge in [-0.25, -0.2) is 18.4 Å². The first-order chi connectivity index (χ1) is 18.9. The van der Waals surface area contributed by atoms with Crippen molar-refractivity contribution in [1.82, 2.24) is 19.7 Å². The Labute approximate surface area is 227 Å². The highest BCUT2D eigenvalue weighted by atomic mass is 19.4. The molecule has 0 saturated carbocycles. The molecule has 2 aliphatic heterocycles. The third kappa shape index (κ3) is 3.25. The summed E-state index contributed by atoms with van der Waals surface area (Å²) in [5.41, 5.74) is 3.89. The monoisotopic (exact) mass is 551 g/mol. The first-order valence-electron chi connectivity index (χ1n) is 13.3. The number of hydrogen-bond donors (Lipinski definition) is 1. The molecule has 4 aromatic rings. The number of fused-ring (bicyclic) bond motifs is 10. The number of aromatic nitrogens is 4. The van der Waals surface area contributed by atoms with Gasteiger partial charge in [-0.05, 0) is 55.2 Å². The number of nitrogens with zero attached hydrogens (tertiary/aromatic N) is 4. The molecule has 0 bridgehead atoms. The Morgan fingerprint density at radius 2 is 1.95 bits per heavy atom. The Kier molecular flexibility index (Phi) is 5.04. The van der Waals surface area contributed by atoms with Crippen molar-refractivity contribution in [3.8, 4) is 5.69 Å². The molecular formula is C30H26F5N5. The molecular weight excluding hydrogens is 525 g/mol. The van der Waals surface area contributed by atoms with Crippen LogP contribution in [-0.2, 0) is 36.6 Å². The molecule has 2 unspecified atom stereocenters. The molecule has 0 spiro atoms. The third-order valence-corrected chi connectivity index (χ3v) is 8.69. The number of para-hydroxylation sites is 1. The Morgan fingerprint density at radius 1 is 1.15 bits per heavy atom. The summed E-state index contributed by atoms with van der Waals surface area (Å²) in [5.74, 6) is -1.16. The summed E-state index contributed by atoms with van der Waals surface area (Å²) < 4.78 is 72.6. The fourth-order valence-electron chi connectivity index (χ4n) is 6.82. The van der Waals surface area contributed by atoms with E-state index in [1.165, 1.54) is 0 Å². The van der Waals surface area contributed by atoms with Gasteiger partial charge in [-0.1, -0.05) is 25.1 Å². The minimum atomic E-state index is -4.69. The van der Waals surface area contributed by atoms with E-state index >= 15 is 8.78 Å². The van der Waals surface area contributed by atoms with Gasteiger partial charge in [0.05, 0.1) is 33.7 Å². The van der Waals surface area contributed by atoms with Crippen molar-refractivity contribution < 1.29 is 22.0 Å². The van der Waals surface area contributed by atoms with Crippen LogP contribution in [0.25, 0.3) is 11.3 Å². The highest BCUT2D eigenvalue weighted by molar-refractivity contribution is 5.89. The van der Waals surface area contributed by atoms with E-state index in [0.29, 0.717) is 30.9 Å². The largest absolute Gasteiger partial charge is 0.417 e. The number of nitrogens with one attached hydrogen (secondary N) is 1. The van der Waals surface area contributed by atoms with Gasteiger partial charge in [-0.15, -0.1) is 0 Å². The first-order valence-corrected chi connectivity index (χ1v) is 13.3. The Hall–Kier alpha value is -3.95. The van der Waals surface area contributed by atoms with Gasteiger partial charge in [0.1, 0.15) is 0 Å². The number of benzene rings is 1. The highest BCUT2D eigenvalue weighted by Gasteiger charge is 2.52. The van der Waals surface area contributed by atoms with Crippen molar-refractivity contribution in [3.63, 3.8) is 0 Å². The second-order valence-corrected chi connectivity index (χ2v) is 11.1. The molecule has 7 rings (SSSR count). The fraction of sp³-hybridized carbons (Fsp3) is 0.333. The zero-order valence-corrected chi connectivity index (χ0v) is 22.1. The molecule has 1 aliphatic carbocycles. The molecule has 10 heteroatoms. The standard InChI is InChI=1S/C30H26F5N5/c1-4-16-6-5-7-18-21-13-28(2,32)25-20(8-10-36-25)29(21,3)26-19-15-39(11-9-23(19)38-40(26)24(16)18)27-22(31)12-17(14-37-27)30(33,34)35/h5-8,10,12-14,36H,4,9,11,15H2,1-3H3. The topological polar surface area (TPSA) is 49.7 Å². The van der Waals surface area contributed by atoms with Crippen LogP contribution < -0.4 is 4.90 Å². The quantitative estimate of drug-likeness (QED) is 0.280. The second kappa shape index (κ2) is 8.05. The van der Waals surface area contributed by atoms with Crippen LogP contribution in [0, 0.1) is 5.82 Å². The first kappa shape index (κ1) is 25.0. The maximum absolute atomic E-state index is 16.1. The number of hydrogen-bond acceptors (Lipinski definition) is 3. The maximum Gasteiger partial charge on any atom is 0.417 e. The van der Waals surface area contributed by atoms with E-state index in [1.54, 1.807) is 24.1 Å². The van der Waals surface area contributed by atoms with Gasteiger partial charge in [0, 0.05) is 43.0 Å². The number of pyridine rings is 1. The van der Waals surface area contributed by atoms with E-state index in [2.05, 4.69) is 23.8 Å². The molecule has 2 atom stereocenters. The number of alkyl halides is 4. The Morgan fingerprint density at radius 3 is 2.67 bits per heavy atom. The molecule has 0 radical (unpaired) electrons. The molecule has 5 nitrogen and oxygen atoms in total. The average Bonchev–Trinajstić information content (AvgIpc) is 3.56. The molecule has 206 valence electrons. The summed E-state index contributed by atoms with van der Waals surface area (Å²) in [6.45, 7) is 6.22. The molecule has 1 N–H and O–H groups in total. The zero-order chi connectivity index (χ0) is 28.2. The number of halogens is 5. The van der Waals surface area contributed by atoms with Gasteiger partial charge in [0.2, 0.25) is 0 Å². The van der Waals surface area contributed by atoms with Crippen LogP contribution in [0.15, 0.2) is 48.8 Å². The van der Waals surface area contributed by atoms with Gasteiger partial charge in [0.25, 0.3) is 0 Å². The predicted molar refractivity (Wildman–Crippen MR) is 141 cm³/mol. The van der Waals surface area contributed by atoms with Crippen molar-refractivity contribution in [2.75, 3.05) is 11.4 Å². The normalized spacial score (nSPS) is 23.1. The van der Waals surface area contributed by atoms with E-state index < -0.39 is 28.6 Å². The van der Waals surface area contributed by atoms with Crippen LogP contribution in [0.3, 0.4) is 0 Å². The number of rotatable bonds is 2. The molecule has 1 aromatic carbocycles. The summed E-state index contributed by atoms with van der Waals surface area (Å²) in [6, 6.07) is 8.42. The Balaban J connectivity index is 1.45. The highest BCUT2D eigenvalue weighted by Crippen LogP contribution is 2.58. The van der Waals surface area contributed by atoms with Crippen LogP contribution in [0.1, 0.15) is 65.7 Å². The van der Waals surface area contributed by atoms with Crippen LogP contribution in [-0.4, -0.2) is 26.3 Å². The van der Waals surface area contributed by atoms with Crippen LogP contribution in [0.4, 0.5) is 27.8 Å². The summed E-state index contributed by atoms with van der Waals surface area (Å²) in [7, 11) is 0. The molecule has 0 saturated heterocycles. The van der Waals surface area contributed by atoms with E-state index in [4.69, 9.17) is 5.10 Å². The molecule has 0 amide bonds. The van der Waals surface area contributed by atoms with Crippen LogP contribution in [0.2, 0.25) is 0 Å². The summed E-state index contributed by atoms with van der Waals surface area (Å²) in [5, 5.41) is 5.06. The minimum absolute atomic E-state index is 0.132. The van der Waals surface area contributed by atoms with Crippen LogP contribution in [0.5, 0.6) is 0 Å². The second-order valence-electron chi connectivity index (χ2n) is 11.1. The number of H-pyrrole nitrogens is 1. The number of aryl methyl sites for hydroxylation is 1. The lowest BCUT2D eigenvalue weighted by Gasteiger charge is -2.44. The lowest BCUT2D eigenvalue weighted by atomic mass is 9.62. The van der Waals surface area contributed by atoms with Gasteiger partial charge in [-0.3, -0.25) is 0 Å². The van der Waals surface area contributed by atoms with Crippen molar-refractivity contribution >= 4 is 11.4 Å². The van der Waals surface area contributed by atoms with E-state index in [0.717, 1.165) is 51.3 Å². The molecule has 40 heavy (non-hydrogen) atoms. The molecule has 3 aliphatic rings. The van der Waals surface area contributed by atoms with Crippen LogP contribution >= 0.6 is 0 Å². The number of allylic oxidation sites excluding steroid dienone is 2. The fourth-order valence-corrected chi connectivity index (χ4v) is 6.82. The molecule has 0 fully saturated rings. The van der Waals surface area contributed by atoms with Crippen molar-refractivity contribution in [2.24, 2.45) is 0 Å². The van der Waals surface area contributed by atoms with Crippen molar-refractivity contribution in [2.45, 2.75) is 57.4 Å².